The third-order valence-electron chi connectivity index (χ3n) is 6.13. The molecule has 6 heteroatoms. The first-order valence-electron chi connectivity index (χ1n) is 10.9. The average Bonchev–Trinajstić information content (AvgIpc) is 3.18. The van der Waals surface area contributed by atoms with Crippen LogP contribution in [0.25, 0.3) is 11.1 Å². The summed E-state index contributed by atoms with van der Waals surface area (Å²) in [6, 6.07) is 31.6. The van der Waals surface area contributed by atoms with Crippen molar-refractivity contribution in [2.45, 2.75) is 5.41 Å². The van der Waals surface area contributed by atoms with Gasteiger partial charge in [-0.1, -0.05) is 72.8 Å². The van der Waals surface area contributed by atoms with Crippen LogP contribution in [-0.2, 0) is 5.41 Å². The second-order valence-corrected chi connectivity index (χ2v) is 8.08. The van der Waals surface area contributed by atoms with Gasteiger partial charge in [0.05, 0.1) is 5.41 Å². The molecule has 0 bridgehead atoms. The van der Waals surface area contributed by atoms with Crippen molar-refractivity contribution < 1.29 is 29.9 Å². The van der Waals surface area contributed by atoms with E-state index in [2.05, 4.69) is 24.3 Å². The fraction of sp³-hybridized carbons (Fsp3) is 0.0345. The molecular formula is C29H22O6. The van der Waals surface area contributed by atoms with Crippen molar-refractivity contribution in [1.29, 1.82) is 0 Å². The molecule has 174 valence electrons. The largest absolute Gasteiger partial charge is 0.479 e. The number of aliphatic hydroxyl groups is 4. The van der Waals surface area contributed by atoms with Gasteiger partial charge in [0.2, 0.25) is 0 Å². The lowest BCUT2D eigenvalue weighted by Gasteiger charge is -2.34. The van der Waals surface area contributed by atoms with E-state index in [1.807, 2.05) is 48.5 Å². The zero-order valence-electron chi connectivity index (χ0n) is 18.5. The van der Waals surface area contributed by atoms with E-state index < -0.39 is 17.3 Å². The number of rotatable bonds is 6. The van der Waals surface area contributed by atoms with E-state index in [0.29, 0.717) is 11.5 Å². The minimum atomic E-state index is -0.907. The summed E-state index contributed by atoms with van der Waals surface area (Å²) in [5.74, 6) is -0.890. The van der Waals surface area contributed by atoms with Crippen molar-refractivity contribution in [1.82, 2.24) is 0 Å². The smallest absolute Gasteiger partial charge is 0.311 e. The van der Waals surface area contributed by atoms with E-state index >= 15 is 0 Å². The first kappa shape index (κ1) is 22.0. The summed E-state index contributed by atoms with van der Waals surface area (Å²) in [7, 11) is 0. The molecule has 6 nitrogen and oxygen atoms in total. The van der Waals surface area contributed by atoms with Crippen LogP contribution in [0.5, 0.6) is 11.5 Å². The van der Waals surface area contributed by atoms with Gasteiger partial charge in [0.25, 0.3) is 0 Å². The molecule has 0 spiro atoms. The molecule has 0 unspecified atom stereocenters. The summed E-state index contributed by atoms with van der Waals surface area (Å²) in [6.07, 6.45) is 1.73. The molecular weight excluding hydrogens is 444 g/mol. The molecule has 0 fully saturated rings. The molecule has 35 heavy (non-hydrogen) atoms. The number of fused-ring (bicyclic) bond motifs is 3. The summed E-state index contributed by atoms with van der Waals surface area (Å²) in [6.45, 7) is 0. The minimum absolute atomic E-state index is 0.461. The summed E-state index contributed by atoms with van der Waals surface area (Å²) < 4.78 is 10.6. The first-order chi connectivity index (χ1) is 17.0. The normalized spacial score (nSPS) is 12.7. The molecule has 0 aliphatic heterocycles. The quantitative estimate of drug-likeness (QED) is 0.210. The minimum Gasteiger partial charge on any atom is -0.479 e. The van der Waals surface area contributed by atoms with Gasteiger partial charge in [-0.15, -0.1) is 0 Å². The standard InChI is InChI=1S/C29H22O6/c30-27(31)17-34-21-13-9-19(10-14-21)29(20-11-15-22(16-12-20)35-18-28(32)33)25-7-3-1-5-23(25)24-6-2-4-8-26(24)29/h1-18,30-33H. The topological polar surface area (TPSA) is 99.4 Å². The predicted molar refractivity (Wildman–Crippen MR) is 132 cm³/mol. The van der Waals surface area contributed by atoms with Gasteiger partial charge in [-0.3, -0.25) is 0 Å². The second-order valence-electron chi connectivity index (χ2n) is 8.08. The SMILES string of the molecule is OC(O)=COc1ccc(C2(c3ccc(OC=C(O)O)cc3)c3ccccc3-c3ccccc32)cc1. The van der Waals surface area contributed by atoms with Gasteiger partial charge >= 0.3 is 11.9 Å². The van der Waals surface area contributed by atoms with Gasteiger partial charge in [0.15, 0.2) is 12.5 Å². The number of hydrogen-bond donors (Lipinski definition) is 4. The summed E-state index contributed by atoms with van der Waals surface area (Å²) in [4.78, 5) is 0. The van der Waals surface area contributed by atoms with E-state index in [-0.39, 0.29) is 0 Å². The summed E-state index contributed by atoms with van der Waals surface area (Å²) in [5.41, 5.74) is 5.92. The Morgan fingerprint density at radius 3 is 1.26 bits per heavy atom. The van der Waals surface area contributed by atoms with Crippen LogP contribution in [0.2, 0.25) is 0 Å². The van der Waals surface area contributed by atoms with Crippen LogP contribution in [0.3, 0.4) is 0 Å². The predicted octanol–water partition coefficient (Wildman–Crippen LogP) is 6.64. The Labute approximate surface area is 201 Å². The maximum atomic E-state index is 8.99. The Hall–Kier alpha value is -4.84. The van der Waals surface area contributed by atoms with Crippen molar-refractivity contribution in [3.8, 4) is 22.6 Å². The fourth-order valence-corrected chi connectivity index (χ4v) is 4.83. The van der Waals surface area contributed by atoms with E-state index in [9.17, 15) is 0 Å². The molecule has 1 aliphatic rings. The van der Waals surface area contributed by atoms with Crippen LogP contribution < -0.4 is 9.47 Å². The lowest BCUT2D eigenvalue weighted by atomic mass is 9.68. The van der Waals surface area contributed by atoms with Crippen LogP contribution in [0.4, 0.5) is 0 Å². The monoisotopic (exact) mass is 466 g/mol. The third kappa shape index (κ3) is 3.81. The van der Waals surface area contributed by atoms with E-state index in [4.69, 9.17) is 29.9 Å². The second kappa shape index (κ2) is 8.83. The van der Waals surface area contributed by atoms with Gasteiger partial charge in [-0.25, -0.2) is 0 Å². The zero-order valence-corrected chi connectivity index (χ0v) is 18.5. The Morgan fingerprint density at radius 1 is 0.514 bits per heavy atom. The van der Waals surface area contributed by atoms with E-state index in [1.54, 1.807) is 24.3 Å². The Morgan fingerprint density at radius 2 is 0.886 bits per heavy atom. The van der Waals surface area contributed by atoms with Crippen LogP contribution in [0, 0.1) is 0 Å². The van der Waals surface area contributed by atoms with Gasteiger partial charge in [0, 0.05) is 0 Å². The molecule has 4 aromatic rings. The van der Waals surface area contributed by atoms with E-state index in [1.165, 1.54) is 0 Å². The van der Waals surface area contributed by atoms with Crippen LogP contribution in [-0.4, -0.2) is 20.4 Å². The molecule has 0 atom stereocenters. The molecule has 4 aromatic carbocycles. The van der Waals surface area contributed by atoms with Crippen LogP contribution in [0.1, 0.15) is 22.3 Å². The van der Waals surface area contributed by atoms with Crippen LogP contribution >= 0.6 is 0 Å². The number of aliphatic hydroxyl groups excluding tert-OH is 2. The highest BCUT2D eigenvalue weighted by Gasteiger charge is 2.45. The molecule has 0 heterocycles. The van der Waals surface area contributed by atoms with Gasteiger partial charge in [0.1, 0.15) is 11.5 Å². The fourth-order valence-electron chi connectivity index (χ4n) is 4.83. The molecule has 0 saturated carbocycles. The molecule has 0 amide bonds. The Balaban J connectivity index is 1.71. The first-order valence-corrected chi connectivity index (χ1v) is 10.9. The maximum absolute atomic E-state index is 8.99. The maximum Gasteiger partial charge on any atom is 0.311 e. The van der Waals surface area contributed by atoms with Crippen molar-refractivity contribution in [2.75, 3.05) is 0 Å². The molecule has 0 saturated heterocycles. The third-order valence-corrected chi connectivity index (χ3v) is 6.13. The Bertz CT molecular complexity index is 1300. The molecule has 5 rings (SSSR count). The van der Waals surface area contributed by atoms with Crippen LogP contribution in [0.15, 0.2) is 121 Å². The van der Waals surface area contributed by atoms with Crippen molar-refractivity contribution >= 4 is 0 Å². The van der Waals surface area contributed by atoms with Gasteiger partial charge in [-0.2, -0.15) is 0 Å². The highest BCUT2D eigenvalue weighted by molar-refractivity contribution is 5.86. The highest BCUT2D eigenvalue weighted by atomic mass is 16.5. The molecule has 1 aliphatic carbocycles. The highest BCUT2D eigenvalue weighted by Crippen LogP contribution is 2.56. The van der Waals surface area contributed by atoms with Crippen molar-refractivity contribution in [3.63, 3.8) is 0 Å². The van der Waals surface area contributed by atoms with Crippen molar-refractivity contribution in [2.24, 2.45) is 0 Å². The summed E-state index contributed by atoms with van der Waals surface area (Å²) >= 11 is 0. The number of hydrogen-bond acceptors (Lipinski definition) is 6. The molecule has 0 aromatic heterocycles. The number of benzene rings is 4. The zero-order chi connectivity index (χ0) is 24.4. The average molecular weight is 466 g/mol. The summed E-state index contributed by atoms with van der Waals surface area (Å²) in [5, 5.41) is 36.0. The molecule has 0 radical (unpaired) electrons. The lowest BCUT2D eigenvalue weighted by Crippen LogP contribution is -2.28. The van der Waals surface area contributed by atoms with Gasteiger partial charge < -0.3 is 29.9 Å². The Kier molecular flexibility index (Phi) is 5.55. The number of ether oxygens (including phenoxy) is 2. The van der Waals surface area contributed by atoms with Gasteiger partial charge in [-0.05, 0) is 57.6 Å². The van der Waals surface area contributed by atoms with Crippen molar-refractivity contribution in [3.05, 3.63) is 144 Å². The lowest BCUT2D eigenvalue weighted by molar-refractivity contribution is 0.174. The van der Waals surface area contributed by atoms with E-state index in [0.717, 1.165) is 45.9 Å². The molecule has 4 N–H and O–H groups in total.